The highest BCUT2D eigenvalue weighted by molar-refractivity contribution is 6.03. The Labute approximate surface area is 82.1 Å². The van der Waals surface area contributed by atoms with E-state index in [4.69, 9.17) is 0 Å². The van der Waals surface area contributed by atoms with E-state index in [-0.39, 0.29) is 11.7 Å². The highest BCUT2D eigenvalue weighted by Crippen LogP contribution is 2.07. The van der Waals surface area contributed by atoms with Gasteiger partial charge in [0.2, 0.25) is 0 Å². The number of halogens is 1. The highest BCUT2D eigenvalue weighted by Gasteiger charge is 1.96. The van der Waals surface area contributed by atoms with Gasteiger partial charge in [-0.2, -0.15) is 0 Å². The van der Waals surface area contributed by atoms with Crippen molar-refractivity contribution in [2.75, 3.05) is 5.32 Å². The van der Waals surface area contributed by atoms with Gasteiger partial charge < -0.3 is 5.32 Å². The molecule has 0 unspecified atom stereocenters. The maximum atomic E-state index is 12.5. The molecule has 0 saturated carbocycles. The van der Waals surface area contributed by atoms with Crippen LogP contribution >= 0.6 is 0 Å². The van der Waals surface area contributed by atoms with Crippen molar-refractivity contribution in [2.24, 2.45) is 0 Å². The predicted molar refractivity (Wildman–Crippen MR) is 53.1 cm³/mol. The van der Waals surface area contributed by atoms with E-state index >= 15 is 0 Å². The van der Waals surface area contributed by atoms with E-state index < -0.39 is 0 Å². The third-order valence-corrected chi connectivity index (χ3v) is 1.48. The molecule has 1 aromatic carbocycles. The van der Waals surface area contributed by atoms with Gasteiger partial charge in [-0.25, -0.2) is 4.39 Å². The second-order valence-corrected chi connectivity index (χ2v) is 2.62. The van der Waals surface area contributed by atoms with Gasteiger partial charge in [-0.15, -0.1) is 0 Å². The molecule has 0 aromatic heterocycles. The van der Waals surface area contributed by atoms with E-state index in [0.29, 0.717) is 12.1 Å². The lowest BCUT2D eigenvalue weighted by molar-refractivity contribution is -0.111. The molecule has 0 aliphatic heterocycles. The Morgan fingerprint density at radius 2 is 2.07 bits per heavy atom. The highest BCUT2D eigenvalue weighted by atomic mass is 19.1. The van der Waals surface area contributed by atoms with Crippen LogP contribution in [0.2, 0.25) is 0 Å². The minimum Gasteiger partial charge on any atom is -0.315 e. The lowest BCUT2D eigenvalue weighted by atomic mass is 10.3. The molecule has 1 amide bonds. The first-order valence-corrected chi connectivity index (χ1v) is 4.28. The maximum absolute atomic E-state index is 12.5. The normalized spacial score (nSPS) is 8.71. The first-order valence-electron chi connectivity index (χ1n) is 4.28. The van der Waals surface area contributed by atoms with Gasteiger partial charge in [0.05, 0.1) is 0 Å². The molecule has 72 valence electrons. The summed E-state index contributed by atoms with van der Waals surface area (Å²) in [6, 6.07) is 5.54. The van der Waals surface area contributed by atoms with E-state index in [1.165, 1.54) is 24.3 Å². The van der Waals surface area contributed by atoms with Crippen LogP contribution in [-0.2, 0) is 4.79 Å². The van der Waals surface area contributed by atoms with Gasteiger partial charge in [-0.1, -0.05) is 12.8 Å². The van der Waals surface area contributed by atoms with Crippen molar-refractivity contribution >= 4 is 11.6 Å². The van der Waals surface area contributed by atoms with Crippen LogP contribution < -0.4 is 5.32 Å². The molecule has 0 aliphatic carbocycles. The minimum atomic E-state index is -0.376. The van der Waals surface area contributed by atoms with Crippen LogP contribution in [0.3, 0.4) is 0 Å². The smallest absolute Gasteiger partial charge is 0.300 e. The molecule has 0 atom stereocenters. The monoisotopic (exact) mass is 191 g/mol. The molecule has 14 heavy (non-hydrogen) atoms. The van der Waals surface area contributed by atoms with Crippen molar-refractivity contribution in [3.05, 3.63) is 30.1 Å². The molecule has 0 bridgehead atoms. The fourth-order valence-electron chi connectivity index (χ4n) is 0.864. The quantitative estimate of drug-likeness (QED) is 0.677. The number of benzene rings is 1. The summed E-state index contributed by atoms with van der Waals surface area (Å²) >= 11 is 0. The van der Waals surface area contributed by atoms with E-state index in [2.05, 4.69) is 17.2 Å². The Morgan fingerprint density at radius 3 is 2.64 bits per heavy atom. The second kappa shape index (κ2) is 5.03. The number of nitrogens with one attached hydrogen (secondary N) is 1. The van der Waals surface area contributed by atoms with Crippen LogP contribution in [0, 0.1) is 17.7 Å². The zero-order chi connectivity index (χ0) is 10.4. The number of anilines is 1. The van der Waals surface area contributed by atoms with Crippen molar-refractivity contribution in [1.29, 1.82) is 0 Å². The van der Waals surface area contributed by atoms with E-state index in [0.717, 1.165) is 0 Å². The van der Waals surface area contributed by atoms with Crippen LogP contribution in [0.25, 0.3) is 0 Å². The lowest BCUT2D eigenvalue weighted by Crippen LogP contribution is -2.08. The minimum absolute atomic E-state index is 0.331. The SMILES string of the molecule is CCC#CC(=O)Nc1ccc(F)cc1. The number of amides is 1. The summed E-state index contributed by atoms with van der Waals surface area (Å²) in [6.45, 7) is 1.86. The Morgan fingerprint density at radius 1 is 1.43 bits per heavy atom. The van der Waals surface area contributed by atoms with Gasteiger partial charge in [0.15, 0.2) is 0 Å². The van der Waals surface area contributed by atoms with E-state index in [1.807, 2.05) is 6.92 Å². The molecule has 3 heteroatoms. The van der Waals surface area contributed by atoms with Gasteiger partial charge >= 0.3 is 0 Å². The van der Waals surface area contributed by atoms with Crippen molar-refractivity contribution in [2.45, 2.75) is 13.3 Å². The van der Waals surface area contributed by atoms with Gasteiger partial charge in [-0.3, -0.25) is 4.79 Å². The first-order chi connectivity index (χ1) is 6.72. The zero-order valence-electron chi connectivity index (χ0n) is 7.80. The predicted octanol–water partition coefficient (Wildman–Crippen LogP) is 2.18. The largest absolute Gasteiger partial charge is 0.315 e. The Bertz CT molecular complexity index is 373. The third kappa shape index (κ3) is 3.28. The van der Waals surface area contributed by atoms with Crippen molar-refractivity contribution in [3.63, 3.8) is 0 Å². The molecule has 1 aromatic rings. The molecule has 0 radical (unpaired) electrons. The fourth-order valence-corrected chi connectivity index (χ4v) is 0.864. The summed E-state index contributed by atoms with van der Waals surface area (Å²) in [4.78, 5) is 11.1. The molecule has 2 nitrogen and oxygen atoms in total. The summed E-state index contributed by atoms with van der Waals surface area (Å²) in [6.07, 6.45) is 0.636. The number of hydrogen-bond acceptors (Lipinski definition) is 1. The molecule has 0 saturated heterocycles. The van der Waals surface area contributed by atoms with Crippen molar-refractivity contribution in [1.82, 2.24) is 0 Å². The van der Waals surface area contributed by atoms with Crippen LogP contribution in [0.4, 0.5) is 10.1 Å². The number of carbonyl (C=O) groups is 1. The average Bonchev–Trinajstić information content (AvgIpc) is 2.18. The standard InChI is InChI=1S/C11H10FNO/c1-2-3-4-11(14)13-10-7-5-9(12)6-8-10/h5-8H,2H2,1H3,(H,13,14). The third-order valence-electron chi connectivity index (χ3n) is 1.48. The van der Waals surface area contributed by atoms with Crippen molar-refractivity contribution < 1.29 is 9.18 Å². The van der Waals surface area contributed by atoms with Gasteiger partial charge in [0.1, 0.15) is 5.82 Å². The molecule has 0 heterocycles. The zero-order valence-corrected chi connectivity index (χ0v) is 7.80. The van der Waals surface area contributed by atoms with Gasteiger partial charge in [0.25, 0.3) is 5.91 Å². The Hall–Kier alpha value is -1.82. The average molecular weight is 191 g/mol. The first kappa shape index (κ1) is 10.3. The Balaban J connectivity index is 2.61. The summed E-state index contributed by atoms with van der Waals surface area (Å²) in [5, 5.41) is 2.52. The number of rotatable bonds is 1. The van der Waals surface area contributed by atoms with E-state index in [1.54, 1.807) is 0 Å². The van der Waals surface area contributed by atoms with Crippen LogP contribution in [-0.4, -0.2) is 5.91 Å². The van der Waals surface area contributed by atoms with Crippen LogP contribution in [0.1, 0.15) is 13.3 Å². The summed E-state index contributed by atoms with van der Waals surface area (Å²) < 4.78 is 12.5. The molecular formula is C11H10FNO. The number of hydrogen-bond donors (Lipinski definition) is 1. The van der Waals surface area contributed by atoms with Crippen molar-refractivity contribution in [3.8, 4) is 11.8 Å². The van der Waals surface area contributed by atoms with Crippen LogP contribution in [0.15, 0.2) is 24.3 Å². The van der Waals surface area contributed by atoms with Gasteiger partial charge in [-0.05, 0) is 30.2 Å². The van der Waals surface area contributed by atoms with Gasteiger partial charge in [0, 0.05) is 12.1 Å². The topological polar surface area (TPSA) is 29.1 Å². The molecule has 1 rings (SSSR count). The summed E-state index contributed by atoms with van der Waals surface area (Å²) in [5.74, 6) is 4.34. The lowest BCUT2D eigenvalue weighted by Gasteiger charge is -1.99. The fraction of sp³-hybridized carbons (Fsp3) is 0.182. The van der Waals surface area contributed by atoms with E-state index in [9.17, 15) is 9.18 Å². The molecule has 0 spiro atoms. The summed E-state index contributed by atoms with van der Waals surface area (Å²) in [5.41, 5.74) is 0.543. The second-order valence-electron chi connectivity index (χ2n) is 2.62. The molecule has 1 N–H and O–H groups in total. The molecular weight excluding hydrogens is 181 g/mol. The molecule has 0 fully saturated rings. The number of carbonyl (C=O) groups excluding carboxylic acids is 1. The maximum Gasteiger partial charge on any atom is 0.300 e. The van der Waals surface area contributed by atoms with Crippen LogP contribution in [0.5, 0.6) is 0 Å². The Kier molecular flexibility index (Phi) is 3.69. The summed E-state index contributed by atoms with van der Waals surface area (Å²) in [7, 11) is 0. The molecule has 0 aliphatic rings.